The summed E-state index contributed by atoms with van der Waals surface area (Å²) in [5.41, 5.74) is -2.03. The maximum absolute atomic E-state index is 12.9. The molecule has 6 atom stereocenters. The molecule has 0 spiro atoms. The SMILES string of the molecule is COc1ccc(C(=O)O)c(OC)c1[C@@H]1[C@H](c2c(OC)ccc(C(=O)O)c2OC)[C@H](c2c(OC)ccc(C(=O)O)c2OC)[C@H](O)[C@H](O)[C@@H]1c1c(OC)ccc(C(=O)O)c1OC. The van der Waals surface area contributed by atoms with Crippen molar-refractivity contribution in [1.82, 2.24) is 0 Å². The topological polar surface area (TPSA) is 263 Å². The number of methoxy groups -OCH3 is 8. The molecule has 0 saturated heterocycles. The molecule has 1 aliphatic carbocycles. The predicted octanol–water partition coefficient (Wildman–Crippen LogP) is 4.72. The smallest absolute Gasteiger partial charge is 0.339 e. The Hall–Kier alpha value is -6.92. The lowest BCUT2D eigenvalue weighted by Gasteiger charge is -2.50. The average molecular weight is 837 g/mol. The number of hydrogen-bond acceptors (Lipinski definition) is 14. The molecule has 4 aromatic carbocycles. The van der Waals surface area contributed by atoms with Gasteiger partial charge >= 0.3 is 23.9 Å². The van der Waals surface area contributed by atoms with Crippen molar-refractivity contribution in [2.45, 2.75) is 35.9 Å². The highest BCUT2D eigenvalue weighted by Crippen LogP contribution is 2.66. The highest BCUT2D eigenvalue weighted by molar-refractivity contribution is 5.95. The lowest BCUT2D eigenvalue weighted by atomic mass is 9.55. The first-order valence-corrected chi connectivity index (χ1v) is 17.9. The van der Waals surface area contributed by atoms with Gasteiger partial charge in [0.15, 0.2) is 0 Å². The van der Waals surface area contributed by atoms with Crippen LogP contribution in [0.25, 0.3) is 0 Å². The first-order chi connectivity index (χ1) is 28.6. The molecule has 0 aromatic heterocycles. The number of hydrogen-bond donors (Lipinski definition) is 6. The highest BCUT2D eigenvalue weighted by Gasteiger charge is 2.58. The molecule has 0 heterocycles. The van der Waals surface area contributed by atoms with Crippen molar-refractivity contribution in [1.29, 1.82) is 0 Å². The van der Waals surface area contributed by atoms with Crippen molar-refractivity contribution in [3.8, 4) is 46.0 Å². The summed E-state index contributed by atoms with van der Waals surface area (Å²) < 4.78 is 46.5. The molecule has 60 heavy (non-hydrogen) atoms. The first-order valence-electron chi connectivity index (χ1n) is 17.9. The van der Waals surface area contributed by atoms with E-state index in [2.05, 4.69) is 0 Å². The third-order valence-corrected chi connectivity index (χ3v) is 10.8. The van der Waals surface area contributed by atoms with Gasteiger partial charge in [-0.2, -0.15) is 0 Å². The van der Waals surface area contributed by atoms with E-state index in [0.29, 0.717) is 0 Å². The number of aromatic carboxylic acids is 4. The minimum absolute atomic E-state index is 0.0444. The largest absolute Gasteiger partial charge is 0.496 e. The molecule has 4 aromatic rings. The van der Waals surface area contributed by atoms with Crippen LogP contribution >= 0.6 is 0 Å². The van der Waals surface area contributed by atoms with Crippen LogP contribution in [0, 0.1) is 0 Å². The van der Waals surface area contributed by atoms with E-state index in [1.807, 2.05) is 0 Å². The maximum Gasteiger partial charge on any atom is 0.339 e. The summed E-state index contributed by atoms with van der Waals surface area (Å²) in [7, 11) is 9.79. The molecule has 5 rings (SSSR count). The summed E-state index contributed by atoms with van der Waals surface area (Å²) in [6, 6.07) is 10.1. The zero-order valence-corrected chi connectivity index (χ0v) is 33.7. The van der Waals surface area contributed by atoms with E-state index < -0.39 is 82.0 Å². The molecule has 1 fully saturated rings. The standard InChI is InChI=1S/C42H44O18/c1-53-21-13-9-17(39(45)46)35(57-5)25(21)29-30(26-22(54-2)14-10-18(40(47)48)36(26)58-6)32(28-24(56-4)16-12-20(42(51)52)38(28)60-8)34(44)33(43)31(29)27-23(55-3)15-11-19(41(49)50)37(27)59-7/h9-16,29-34,43-44H,1-8H3,(H,45,46)(H,47,48)(H,49,50)(H,51,52)/t29-,30+,31-,32+,33-,34+. The maximum atomic E-state index is 12.9. The third kappa shape index (κ3) is 7.23. The van der Waals surface area contributed by atoms with Gasteiger partial charge in [-0.3, -0.25) is 0 Å². The normalized spacial score (nSPS) is 19.7. The Balaban J connectivity index is 2.21. The Kier molecular flexibility index (Phi) is 13.2. The van der Waals surface area contributed by atoms with Crippen LogP contribution in [0.5, 0.6) is 46.0 Å². The van der Waals surface area contributed by atoms with Crippen molar-refractivity contribution in [2.24, 2.45) is 0 Å². The quantitative estimate of drug-likeness (QED) is 0.0892. The number of ether oxygens (including phenoxy) is 8. The van der Waals surface area contributed by atoms with E-state index in [-0.39, 0.29) is 68.2 Å². The van der Waals surface area contributed by atoms with Gasteiger partial charge < -0.3 is 68.5 Å². The number of carboxylic acids is 4. The second-order valence-electron chi connectivity index (χ2n) is 13.4. The van der Waals surface area contributed by atoms with Crippen molar-refractivity contribution >= 4 is 23.9 Å². The predicted molar refractivity (Wildman–Crippen MR) is 209 cm³/mol. The molecule has 6 N–H and O–H groups in total. The minimum Gasteiger partial charge on any atom is -0.496 e. The van der Waals surface area contributed by atoms with E-state index in [1.54, 1.807) is 0 Å². The van der Waals surface area contributed by atoms with Crippen LogP contribution in [0.2, 0.25) is 0 Å². The van der Waals surface area contributed by atoms with Gasteiger partial charge in [-0.15, -0.1) is 0 Å². The Morgan fingerprint density at radius 2 is 0.550 bits per heavy atom. The lowest BCUT2D eigenvalue weighted by Crippen LogP contribution is -2.49. The van der Waals surface area contributed by atoms with E-state index in [1.165, 1.54) is 105 Å². The fourth-order valence-electron chi connectivity index (χ4n) is 8.57. The summed E-state index contributed by atoms with van der Waals surface area (Å²) in [4.78, 5) is 51.3. The summed E-state index contributed by atoms with van der Waals surface area (Å²) in [5, 5.41) is 67.4. The van der Waals surface area contributed by atoms with Gasteiger partial charge in [-0.05, 0) is 48.5 Å². The van der Waals surface area contributed by atoms with Crippen LogP contribution in [-0.4, -0.2) is 124 Å². The monoisotopic (exact) mass is 836 g/mol. The molecule has 1 saturated carbocycles. The number of aliphatic hydroxyl groups is 2. The third-order valence-electron chi connectivity index (χ3n) is 10.8. The zero-order chi connectivity index (χ0) is 44.3. The van der Waals surface area contributed by atoms with Gasteiger partial charge in [0, 0.05) is 45.9 Å². The van der Waals surface area contributed by atoms with Gasteiger partial charge in [-0.25, -0.2) is 19.2 Å². The van der Waals surface area contributed by atoms with Gasteiger partial charge in [0.25, 0.3) is 0 Å². The highest BCUT2D eigenvalue weighted by atomic mass is 16.5. The lowest BCUT2D eigenvalue weighted by molar-refractivity contribution is -0.0540. The van der Waals surface area contributed by atoms with E-state index in [4.69, 9.17) is 37.9 Å². The van der Waals surface area contributed by atoms with Crippen LogP contribution < -0.4 is 37.9 Å². The second kappa shape index (κ2) is 17.9. The first kappa shape index (κ1) is 44.2. The number of carbonyl (C=O) groups is 4. The molecule has 0 aliphatic heterocycles. The molecule has 18 nitrogen and oxygen atoms in total. The van der Waals surface area contributed by atoms with Crippen molar-refractivity contribution in [3.63, 3.8) is 0 Å². The molecule has 1 aliphatic rings. The van der Waals surface area contributed by atoms with Crippen molar-refractivity contribution in [2.75, 3.05) is 56.9 Å². The van der Waals surface area contributed by atoms with Crippen LogP contribution in [-0.2, 0) is 0 Å². The Labute approximate surface area is 342 Å². The number of rotatable bonds is 16. The number of carboxylic acid groups (broad SMARTS) is 4. The van der Waals surface area contributed by atoms with Crippen molar-refractivity contribution < 1.29 is 87.7 Å². The molecular formula is C42H44O18. The number of benzene rings is 4. The summed E-state index contributed by atoms with van der Waals surface area (Å²) >= 11 is 0. The van der Waals surface area contributed by atoms with Crippen LogP contribution in [0.3, 0.4) is 0 Å². The zero-order valence-electron chi connectivity index (χ0n) is 33.7. The van der Waals surface area contributed by atoms with Crippen LogP contribution in [0.4, 0.5) is 0 Å². The van der Waals surface area contributed by atoms with Gasteiger partial charge in [0.1, 0.15) is 68.2 Å². The Morgan fingerprint density at radius 1 is 0.350 bits per heavy atom. The fourth-order valence-corrected chi connectivity index (χ4v) is 8.57. The molecule has 0 amide bonds. The van der Waals surface area contributed by atoms with Crippen molar-refractivity contribution in [3.05, 3.63) is 93.0 Å². The van der Waals surface area contributed by atoms with Crippen LogP contribution in [0.1, 0.15) is 87.4 Å². The molecule has 320 valence electrons. The summed E-state index contributed by atoms with van der Waals surface area (Å²) in [5.74, 6) is -13.7. The summed E-state index contributed by atoms with van der Waals surface area (Å²) in [6.45, 7) is 0. The van der Waals surface area contributed by atoms with Gasteiger partial charge in [0.2, 0.25) is 0 Å². The Morgan fingerprint density at radius 3 is 0.717 bits per heavy atom. The molecule has 18 heteroatoms. The number of aliphatic hydroxyl groups excluding tert-OH is 2. The molecular weight excluding hydrogens is 792 g/mol. The van der Waals surface area contributed by atoms with E-state index in [0.717, 1.165) is 0 Å². The van der Waals surface area contributed by atoms with E-state index >= 15 is 0 Å². The molecule has 0 radical (unpaired) electrons. The van der Waals surface area contributed by atoms with Gasteiger partial charge in [-0.1, -0.05) is 0 Å². The second-order valence-corrected chi connectivity index (χ2v) is 13.4. The summed E-state index contributed by atoms with van der Waals surface area (Å²) in [6.07, 6.45) is -4.07. The Bertz CT molecular complexity index is 2160. The average Bonchev–Trinajstić information content (AvgIpc) is 3.24. The molecule has 0 bridgehead atoms. The minimum atomic E-state index is -2.03. The van der Waals surface area contributed by atoms with E-state index in [9.17, 15) is 49.8 Å². The van der Waals surface area contributed by atoms with Gasteiger partial charge in [0.05, 0.1) is 69.1 Å². The fraction of sp³-hybridized carbons (Fsp3) is 0.333. The van der Waals surface area contributed by atoms with Crippen LogP contribution in [0.15, 0.2) is 48.5 Å². The molecule has 0 unspecified atom stereocenters.